The van der Waals surface area contributed by atoms with Crippen LogP contribution in [0.15, 0.2) is 12.2 Å². The van der Waals surface area contributed by atoms with Gasteiger partial charge in [-0.2, -0.15) is 0 Å². The SMILES string of the molecule is CC(F)(F)CCN1C(=O)C=CC1=O. The minimum absolute atomic E-state index is 0.228. The Labute approximate surface area is 74.0 Å². The summed E-state index contributed by atoms with van der Waals surface area (Å²) in [5, 5.41) is 0. The number of rotatable bonds is 3. The monoisotopic (exact) mass is 189 g/mol. The van der Waals surface area contributed by atoms with E-state index < -0.39 is 24.2 Å². The van der Waals surface area contributed by atoms with E-state index in [1.165, 1.54) is 0 Å². The van der Waals surface area contributed by atoms with Crippen LogP contribution in [0, 0.1) is 0 Å². The van der Waals surface area contributed by atoms with Crippen molar-refractivity contribution in [1.82, 2.24) is 4.90 Å². The van der Waals surface area contributed by atoms with Gasteiger partial charge in [0.1, 0.15) is 0 Å². The Morgan fingerprint density at radius 3 is 2.15 bits per heavy atom. The molecule has 0 bridgehead atoms. The van der Waals surface area contributed by atoms with Gasteiger partial charge in [-0.05, 0) is 6.92 Å². The van der Waals surface area contributed by atoms with Gasteiger partial charge in [0.2, 0.25) is 5.92 Å². The molecule has 0 radical (unpaired) electrons. The number of nitrogens with zero attached hydrogens (tertiary/aromatic N) is 1. The summed E-state index contributed by atoms with van der Waals surface area (Å²) in [4.78, 5) is 22.6. The third kappa shape index (κ3) is 2.61. The summed E-state index contributed by atoms with van der Waals surface area (Å²) < 4.78 is 24.7. The van der Waals surface area contributed by atoms with E-state index in [0.29, 0.717) is 0 Å². The average Bonchev–Trinajstić information content (AvgIpc) is 2.27. The van der Waals surface area contributed by atoms with E-state index in [-0.39, 0.29) is 6.54 Å². The van der Waals surface area contributed by atoms with Crippen LogP contribution in [-0.4, -0.2) is 29.2 Å². The quantitative estimate of drug-likeness (QED) is 0.620. The first kappa shape index (κ1) is 9.83. The van der Waals surface area contributed by atoms with E-state index in [9.17, 15) is 18.4 Å². The van der Waals surface area contributed by atoms with Crippen molar-refractivity contribution in [3.05, 3.63) is 12.2 Å². The lowest BCUT2D eigenvalue weighted by molar-refractivity contribution is -0.137. The fourth-order valence-corrected chi connectivity index (χ4v) is 0.960. The lowest BCUT2D eigenvalue weighted by atomic mass is 10.2. The largest absolute Gasteiger partial charge is 0.275 e. The van der Waals surface area contributed by atoms with Crippen molar-refractivity contribution >= 4 is 11.8 Å². The second-order valence-electron chi connectivity index (χ2n) is 2.98. The molecule has 0 aromatic heterocycles. The first-order valence-electron chi connectivity index (χ1n) is 3.81. The van der Waals surface area contributed by atoms with Gasteiger partial charge in [0, 0.05) is 25.1 Å². The first-order valence-corrected chi connectivity index (χ1v) is 3.81. The number of hydrogen-bond donors (Lipinski definition) is 0. The Bertz CT molecular complexity index is 250. The molecule has 5 heteroatoms. The molecule has 0 spiro atoms. The van der Waals surface area contributed by atoms with Gasteiger partial charge < -0.3 is 0 Å². The molecule has 0 fully saturated rings. The number of hydrogen-bond acceptors (Lipinski definition) is 2. The topological polar surface area (TPSA) is 37.4 Å². The van der Waals surface area contributed by atoms with Gasteiger partial charge >= 0.3 is 0 Å². The van der Waals surface area contributed by atoms with Gasteiger partial charge in [-0.3, -0.25) is 14.5 Å². The van der Waals surface area contributed by atoms with Crippen molar-refractivity contribution < 1.29 is 18.4 Å². The number of carbonyl (C=O) groups excluding carboxylic acids is 2. The van der Waals surface area contributed by atoms with Crippen LogP contribution in [0.1, 0.15) is 13.3 Å². The van der Waals surface area contributed by atoms with Crippen molar-refractivity contribution in [3.8, 4) is 0 Å². The highest BCUT2D eigenvalue weighted by molar-refractivity contribution is 6.12. The van der Waals surface area contributed by atoms with Crippen LogP contribution in [0.2, 0.25) is 0 Å². The minimum Gasteiger partial charge on any atom is -0.275 e. The van der Waals surface area contributed by atoms with E-state index >= 15 is 0 Å². The van der Waals surface area contributed by atoms with Crippen LogP contribution in [-0.2, 0) is 9.59 Å². The van der Waals surface area contributed by atoms with Crippen LogP contribution in [0.25, 0.3) is 0 Å². The molecular formula is C8H9F2NO2. The summed E-state index contributed by atoms with van der Waals surface area (Å²) in [6, 6.07) is 0. The molecule has 0 atom stereocenters. The molecule has 0 saturated heterocycles. The Morgan fingerprint density at radius 2 is 1.77 bits per heavy atom. The third-order valence-corrected chi connectivity index (χ3v) is 1.67. The zero-order chi connectivity index (χ0) is 10.1. The number of halogens is 2. The summed E-state index contributed by atoms with van der Waals surface area (Å²) in [6.45, 7) is 0.527. The summed E-state index contributed by atoms with van der Waals surface area (Å²) in [5.74, 6) is -3.88. The normalized spacial score (nSPS) is 17.3. The molecule has 0 aromatic carbocycles. The minimum atomic E-state index is -2.84. The predicted molar refractivity (Wildman–Crippen MR) is 41.1 cm³/mol. The Hall–Kier alpha value is -1.26. The Balaban J connectivity index is 2.47. The molecule has 0 aliphatic carbocycles. The van der Waals surface area contributed by atoms with Crippen LogP contribution < -0.4 is 0 Å². The zero-order valence-electron chi connectivity index (χ0n) is 7.09. The van der Waals surface area contributed by atoms with Crippen molar-refractivity contribution in [1.29, 1.82) is 0 Å². The lowest BCUT2D eigenvalue weighted by Gasteiger charge is -2.16. The van der Waals surface area contributed by atoms with Crippen LogP contribution >= 0.6 is 0 Å². The van der Waals surface area contributed by atoms with E-state index in [0.717, 1.165) is 24.0 Å². The molecule has 0 unspecified atom stereocenters. The summed E-state index contributed by atoms with van der Waals surface area (Å²) in [6.07, 6.45) is 1.67. The molecule has 0 saturated carbocycles. The molecule has 2 amide bonds. The highest BCUT2D eigenvalue weighted by atomic mass is 19.3. The third-order valence-electron chi connectivity index (χ3n) is 1.67. The van der Waals surface area contributed by atoms with Gasteiger partial charge in [-0.1, -0.05) is 0 Å². The maximum Gasteiger partial charge on any atom is 0.253 e. The van der Waals surface area contributed by atoms with Crippen LogP contribution in [0.5, 0.6) is 0 Å². The average molecular weight is 189 g/mol. The highest BCUT2D eigenvalue weighted by Gasteiger charge is 2.28. The number of amides is 2. The van der Waals surface area contributed by atoms with E-state index in [1.807, 2.05) is 0 Å². The molecule has 1 rings (SSSR count). The second-order valence-corrected chi connectivity index (χ2v) is 2.98. The first-order chi connectivity index (χ1) is 5.90. The Morgan fingerprint density at radius 1 is 1.31 bits per heavy atom. The summed E-state index contributed by atoms with van der Waals surface area (Å²) >= 11 is 0. The van der Waals surface area contributed by atoms with Crippen molar-refractivity contribution in [2.75, 3.05) is 6.54 Å². The maximum absolute atomic E-state index is 12.4. The van der Waals surface area contributed by atoms with Gasteiger partial charge in [-0.15, -0.1) is 0 Å². The molecule has 1 heterocycles. The zero-order valence-corrected chi connectivity index (χ0v) is 7.09. The number of carbonyl (C=O) groups is 2. The highest BCUT2D eigenvalue weighted by Crippen LogP contribution is 2.18. The molecule has 1 aliphatic rings. The number of alkyl halides is 2. The maximum atomic E-state index is 12.4. The van der Waals surface area contributed by atoms with Gasteiger partial charge in [0.25, 0.3) is 11.8 Å². The fraction of sp³-hybridized carbons (Fsp3) is 0.500. The lowest BCUT2D eigenvalue weighted by Crippen LogP contribution is -2.33. The van der Waals surface area contributed by atoms with E-state index in [1.54, 1.807) is 0 Å². The molecular weight excluding hydrogens is 180 g/mol. The Kier molecular flexibility index (Phi) is 2.45. The number of imide groups is 1. The molecule has 3 nitrogen and oxygen atoms in total. The second kappa shape index (κ2) is 3.24. The van der Waals surface area contributed by atoms with Gasteiger partial charge in [0.15, 0.2) is 0 Å². The van der Waals surface area contributed by atoms with E-state index in [2.05, 4.69) is 0 Å². The van der Waals surface area contributed by atoms with Crippen LogP contribution in [0.4, 0.5) is 8.78 Å². The standard InChI is InChI=1S/C8H9F2NO2/c1-8(9,10)4-5-11-6(12)2-3-7(11)13/h2-3H,4-5H2,1H3. The van der Waals surface area contributed by atoms with Crippen LogP contribution in [0.3, 0.4) is 0 Å². The fourth-order valence-electron chi connectivity index (χ4n) is 0.960. The van der Waals surface area contributed by atoms with Gasteiger partial charge in [-0.25, -0.2) is 8.78 Å². The summed E-state index contributed by atoms with van der Waals surface area (Å²) in [7, 11) is 0. The molecule has 13 heavy (non-hydrogen) atoms. The smallest absolute Gasteiger partial charge is 0.253 e. The van der Waals surface area contributed by atoms with Crippen molar-refractivity contribution in [2.45, 2.75) is 19.3 Å². The van der Waals surface area contributed by atoms with Crippen molar-refractivity contribution in [2.24, 2.45) is 0 Å². The molecule has 0 N–H and O–H groups in total. The predicted octanol–water partition coefficient (Wildman–Crippen LogP) is 0.957. The summed E-state index contributed by atoms with van der Waals surface area (Å²) in [5.41, 5.74) is 0. The molecule has 0 aromatic rings. The molecule has 72 valence electrons. The van der Waals surface area contributed by atoms with E-state index in [4.69, 9.17) is 0 Å². The molecule has 1 aliphatic heterocycles. The van der Waals surface area contributed by atoms with Gasteiger partial charge in [0.05, 0.1) is 0 Å². The van der Waals surface area contributed by atoms with Crippen molar-refractivity contribution in [3.63, 3.8) is 0 Å².